The second-order valence-electron chi connectivity index (χ2n) is 15.1. The van der Waals surface area contributed by atoms with Crippen molar-refractivity contribution in [2.24, 2.45) is 5.92 Å². The van der Waals surface area contributed by atoms with Crippen LogP contribution in [0.15, 0.2) is 127 Å². The fourth-order valence-electron chi connectivity index (χ4n) is 9.81. The van der Waals surface area contributed by atoms with E-state index < -0.39 is 41.5 Å². The number of esters is 1. The van der Waals surface area contributed by atoms with Crippen LogP contribution in [0.1, 0.15) is 46.0 Å². The van der Waals surface area contributed by atoms with E-state index in [0.717, 1.165) is 28.2 Å². The van der Waals surface area contributed by atoms with Crippen LogP contribution in [0.4, 0.5) is 5.69 Å². The molecule has 2 N–H and O–H groups in total. The number of carbonyl (C=O) groups excluding carboxylic acids is 3. The molecule has 0 saturated carbocycles. The van der Waals surface area contributed by atoms with Crippen LogP contribution < -0.4 is 14.8 Å². The van der Waals surface area contributed by atoms with Gasteiger partial charge in [-0.3, -0.25) is 24.2 Å². The first-order chi connectivity index (χ1) is 27.4. The smallest absolute Gasteiger partial charge is 0.324 e. The van der Waals surface area contributed by atoms with Crippen molar-refractivity contribution in [1.29, 1.82) is 0 Å². The van der Waals surface area contributed by atoms with Crippen molar-refractivity contribution < 1.29 is 33.7 Å². The Morgan fingerprint density at radius 2 is 1.41 bits per heavy atom. The zero-order chi connectivity index (χ0) is 38.0. The molecule has 3 fully saturated rings. The number of amides is 2. The van der Waals surface area contributed by atoms with Gasteiger partial charge in [0.15, 0.2) is 11.5 Å². The molecule has 56 heavy (non-hydrogen) atoms. The SMILES string of the molecule is O=C1OC(c2ccccc2)C(c2ccccc2)N2C1C(C(=O)N1CCN(Cc3ccc4c(c3)OCO4)CC1)C1(C(=O)Nc3ccccc31)C2c1ccc(O)cc1. The fraction of sp³-hybridized carbons (Fsp3) is 0.267. The predicted molar refractivity (Wildman–Crippen MR) is 206 cm³/mol. The number of morpholine rings is 1. The van der Waals surface area contributed by atoms with Crippen LogP contribution in [-0.2, 0) is 31.1 Å². The van der Waals surface area contributed by atoms with Crippen molar-refractivity contribution in [2.75, 3.05) is 38.3 Å². The van der Waals surface area contributed by atoms with Gasteiger partial charge in [-0.25, -0.2) is 0 Å². The third kappa shape index (κ3) is 5.36. The zero-order valence-corrected chi connectivity index (χ0v) is 30.5. The highest BCUT2D eigenvalue weighted by molar-refractivity contribution is 6.12. The lowest BCUT2D eigenvalue weighted by Gasteiger charge is -2.46. The maximum atomic E-state index is 15.6. The van der Waals surface area contributed by atoms with Gasteiger partial charge < -0.3 is 29.5 Å². The van der Waals surface area contributed by atoms with Gasteiger partial charge in [0.05, 0.1) is 18.0 Å². The molecule has 5 heterocycles. The number of phenolic OH excluding ortho intramolecular Hbond substituents is 1. The molecule has 5 aromatic carbocycles. The molecular formula is C45H40N4O7. The van der Waals surface area contributed by atoms with Gasteiger partial charge in [-0.2, -0.15) is 0 Å². The monoisotopic (exact) mass is 748 g/mol. The average molecular weight is 749 g/mol. The van der Waals surface area contributed by atoms with Crippen LogP contribution in [0.2, 0.25) is 0 Å². The summed E-state index contributed by atoms with van der Waals surface area (Å²) in [5.41, 5.74) is 3.21. The molecule has 0 bridgehead atoms. The number of nitrogens with zero attached hydrogens (tertiary/aromatic N) is 3. The summed E-state index contributed by atoms with van der Waals surface area (Å²) in [6, 6.07) is 37.2. The number of cyclic esters (lactones) is 1. The topological polar surface area (TPSA) is 121 Å². The summed E-state index contributed by atoms with van der Waals surface area (Å²) in [5, 5.41) is 13.6. The normalized spacial score (nSPS) is 26.8. The van der Waals surface area contributed by atoms with E-state index in [2.05, 4.69) is 15.1 Å². The molecule has 10 rings (SSSR count). The second kappa shape index (κ2) is 13.5. The van der Waals surface area contributed by atoms with Crippen molar-refractivity contribution in [1.82, 2.24) is 14.7 Å². The lowest BCUT2D eigenvalue weighted by molar-refractivity contribution is -0.179. The highest BCUT2D eigenvalue weighted by atomic mass is 16.7. The van der Waals surface area contributed by atoms with Gasteiger partial charge in [-0.1, -0.05) is 97.1 Å². The van der Waals surface area contributed by atoms with Crippen LogP contribution in [0.5, 0.6) is 17.2 Å². The van der Waals surface area contributed by atoms with Gasteiger partial charge in [0.25, 0.3) is 0 Å². The Balaban J connectivity index is 1.10. The molecule has 6 unspecified atom stereocenters. The zero-order valence-electron chi connectivity index (χ0n) is 30.5. The highest BCUT2D eigenvalue weighted by Crippen LogP contribution is 2.65. The van der Waals surface area contributed by atoms with Crippen molar-refractivity contribution in [2.45, 2.75) is 36.2 Å². The number of ether oxygens (including phenoxy) is 3. The number of benzene rings is 5. The number of phenols is 1. The summed E-state index contributed by atoms with van der Waals surface area (Å²) in [6.07, 6.45) is -0.743. The number of hydrogen-bond acceptors (Lipinski definition) is 9. The number of hydrogen-bond donors (Lipinski definition) is 2. The Kier molecular flexibility index (Phi) is 8.30. The van der Waals surface area contributed by atoms with Gasteiger partial charge >= 0.3 is 5.97 Å². The van der Waals surface area contributed by atoms with E-state index in [1.54, 1.807) is 24.3 Å². The first-order valence-electron chi connectivity index (χ1n) is 19.1. The number of para-hydroxylation sites is 1. The second-order valence-corrected chi connectivity index (χ2v) is 15.1. The van der Waals surface area contributed by atoms with Crippen LogP contribution in [0.3, 0.4) is 0 Å². The largest absolute Gasteiger partial charge is 0.508 e. The number of aromatic hydroxyl groups is 1. The predicted octanol–water partition coefficient (Wildman–Crippen LogP) is 5.74. The maximum absolute atomic E-state index is 15.6. The fourth-order valence-corrected chi connectivity index (χ4v) is 9.81. The number of piperazine rings is 1. The van der Waals surface area contributed by atoms with Gasteiger partial charge in [0.1, 0.15) is 23.3 Å². The van der Waals surface area contributed by atoms with Crippen LogP contribution in [0, 0.1) is 5.92 Å². The number of anilines is 1. The van der Waals surface area contributed by atoms with E-state index in [1.165, 1.54) is 0 Å². The Bertz CT molecular complexity index is 2310. The average Bonchev–Trinajstić information content (AvgIpc) is 3.92. The van der Waals surface area contributed by atoms with E-state index >= 15 is 9.59 Å². The maximum Gasteiger partial charge on any atom is 0.324 e. The van der Waals surface area contributed by atoms with Gasteiger partial charge in [-0.15, -0.1) is 0 Å². The molecule has 11 nitrogen and oxygen atoms in total. The minimum absolute atomic E-state index is 0.0692. The van der Waals surface area contributed by atoms with Crippen LogP contribution in [0.25, 0.3) is 0 Å². The van der Waals surface area contributed by atoms with Crippen LogP contribution in [-0.4, -0.2) is 76.6 Å². The molecule has 6 atom stereocenters. The summed E-state index contributed by atoms with van der Waals surface area (Å²) in [5.74, 6) is -0.769. The van der Waals surface area contributed by atoms with Crippen molar-refractivity contribution in [3.8, 4) is 17.2 Å². The Hall–Kier alpha value is -6.17. The van der Waals surface area contributed by atoms with E-state index in [4.69, 9.17) is 14.2 Å². The number of rotatable bonds is 6. The van der Waals surface area contributed by atoms with Crippen molar-refractivity contribution in [3.63, 3.8) is 0 Å². The third-order valence-electron chi connectivity index (χ3n) is 12.2. The molecule has 5 aliphatic rings. The molecule has 2 amide bonds. The number of nitrogens with one attached hydrogen (secondary N) is 1. The molecule has 3 saturated heterocycles. The standard InChI is InChI=1S/C45H40N4O7/c50-32-18-16-31(17-19-32)41-45(33-13-7-8-14-34(33)46-44(45)53)37(42(51)48-23-21-47(22-24-48)26-28-15-20-35-36(25-28)55-27-54-35)39-43(52)56-40(30-11-5-2-6-12-30)38(49(39)41)29-9-3-1-4-10-29/h1-20,25,37-41,50H,21-24,26-27H2,(H,46,53). The summed E-state index contributed by atoms with van der Waals surface area (Å²) < 4.78 is 17.6. The van der Waals surface area contributed by atoms with Crippen molar-refractivity contribution >= 4 is 23.5 Å². The number of fused-ring (bicyclic) bond motifs is 4. The molecule has 0 aromatic heterocycles. The van der Waals surface area contributed by atoms with Crippen LogP contribution >= 0.6 is 0 Å². The molecular weight excluding hydrogens is 709 g/mol. The molecule has 11 heteroatoms. The molecule has 0 radical (unpaired) electrons. The minimum atomic E-state index is -1.53. The molecule has 0 aliphatic carbocycles. The third-order valence-corrected chi connectivity index (χ3v) is 12.2. The van der Waals surface area contributed by atoms with Gasteiger partial charge in [0, 0.05) is 38.4 Å². The Morgan fingerprint density at radius 3 is 2.16 bits per heavy atom. The Labute approximate surface area is 324 Å². The molecule has 1 spiro atoms. The highest BCUT2D eigenvalue weighted by Gasteiger charge is 2.74. The summed E-state index contributed by atoms with van der Waals surface area (Å²) in [6.45, 7) is 2.92. The Morgan fingerprint density at radius 1 is 0.732 bits per heavy atom. The van der Waals surface area contributed by atoms with Gasteiger partial charge in [-0.05, 0) is 58.1 Å². The summed E-state index contributed by atoms with van der Waals surface area (Å²) in [7, 11) is 0. The first kappa shape index (κ1) is 34.3. The molecule has 282 valence electrons. The first-order valence-corrected chi connectivity index (χ1v) is 19.1. The summed E-state index contributed by atoms with van der Waals surface area (Å²) in [4.78, 5) is 51.8. The quantitative estimate of drug-likeness (QED) is 0.210. The molecule has 5 aliphatic heterocycles. The van der Waals surface area contributed by atoms with Crippen molar-refractivity contribution in [3.05, 3.63) is 155 Å². The molecule has 5 aromatic rings. The minimum Gasteiger partial charge on any atom is -0.508 e. The van der Waals surface area contributed by atoms with Gasteiger partial charge in [0.2, 0.25) is 18.6 Å². The van der Waals surface area contributed by atoms with E-state index in [1.807, 2.05) is 108 Å². The summed E-state index contributed by atoms with van der Waals surface area (Å²) >= 11 is 0. The lowest BCUT2D eigenvalue weighted by atomic mass is 9.65. The van der Waals surface area contributed by atoms with E-state index in [9.17, 15) is 9.90 Å². The lowest BCUT2D eigenvalue weighted by Crippen LogP contribution is -2.58. The van der Waals surface area contributed by atoms with E-state index in [0.29, 0.717) is 49.5 Å². The number of carbonyl (C=O) groups is 3. The van der Waals surface area contributed by atoms with E-state index in [-0.39, 0.29) is 24.4 Å².